The van der Waals surface area contributed by atoms with E-state index >= 15 is 0 Å². The van der Waals surface area contributed by atoms with Gasteiger partial charge < -0.3 is 0 Å². The maximum atomic E-state index is 12.5. The zero-order valence-electron chi connectivity index (χ0n) is 76.6. The summed E-state index contributed by atoms with van der Waals surface area (Å²) < 4.78 is 0. The van der Waals surface area contributed by atoms with E-state index in [0.717, 1.165) is 139 Å². The van der Waals surface area contributed by atoms with Crippen LogP contribution in [0.2, 0.25) is 0 Å². The van der Waals surface area contributed by atoms with E-state index in [1.54, 1.807) is 0 Å². The second-order valence-electron chi connectivity index (χ2n) is 38.2. The summed E-state index contributed by atoms with van der Waals surface area (Å²) in [6, 6.07) is 18.4. The van der Waals surface area contributed by atoms with E-state index in [2.05, 4.69) is 68.7 Å². The van der Waals surface area contributed by atoms with Crippen LogP contribution in [0, 0.1) is 6.92 Å². The fourth-order valence-electron chi connectivity index (χ4n) is 22.1. The van der Waals surface area contributed by atoms with E-state index in [9.17, 15) is 38.4 Å². The molecule has 0 bridgehead atoms. The molecular formula is C103H170O8S8+8. The molecular weight excluding hydrogens is 1620 g/mol. The molecule has 12 unspecified atom stereocenters. The van der Waals surface area contributed by atoms with E-state index in [1.165, 1.54) is 304 Å². The number of aryl methyl sites for hydroxylation is 1. The zero-order chi connectivity index (χ0) is 84.7. The average molecular weight is 1790 g/mol. The fourth-order valence-corrected chi connectivity index (χ4v) is 42.7. The van der Waals surface area contributed by atoms with Crippen molar-refractivity contribution in [2.45, 2.75) is 459 Å². The number of carbonyl (C=O) groups excluding carboxylic acids is 8. The summed E-state index contributed by atoms with van der Waals surface area (Å²) in [7, 11) is 2.81. The lowest BCUT2D eigenvalue weighted by atomic mass is 9.98. The summed E-state index contributed by atoms with van der Waals surface area (Å²) in [5.74, 6) is 8.89. The van der Waals surface area contributed by atoms with Crippen molar-refractivity contribution in [3.05, 3.63) is 65.7 Å². The molecule has 14 fully saturated rings. The first-order chi connectivity index (χ1) is 57.8. The van der Waals surface area contributed by atoms with Crippen molar-refractivity contribution in [2.75, 3.05) is 60.5 Å². The van der Waals surface area contributed by atoms with Crippen molar-refractivity contribution < 1.29 is 38.4 Å². The fraction of sp³-hybridized carbons (Fsp3) is 0.806. The lowest BCUT2D eigenvalue weighted by molar-refractivity contribution is -0.120. The van der Waals surface area contributed by atoms with E-state index in [0.29, 0.717) is 159 Å². The standard InChI is InChI=1S/C18H31OS.C14H25OS.C13H17OS.C13H23OS.C13H17OS.2C12H21OS.C8H15OS/c19-17-13-7-8-14-18(17)20(15-9-3-1-4-10-15)16-11-5-2-6-12-16;1-2-16(12-8-4-3-5-9-12)14-11-7-6-10-13(14)15;1-11-4-6-12(7-5-11)13(14)10-15-8-2-3-9-15;2*1-15(11-7-3-2-4-8-11)13-10-6-5-9-12(13)14;1-14(10-6-2-3-7-10)12-9-5-4-8-11(12)13;1-14(10-6-3-2-4-7-10)12-9-5-8-11(12)13;1-10(2)8-6-4-3-5-7(8)9/h15-16,18H,1-14H2;12,14H,2-11H2,1H3;4-7H,2-3,8-10H2,1H3;11,13H,2-10H2,1H3;2-4,7-8,13H,5-6,9-10H2,1H3;2*10,12H,2-9H2,1H3;8H,3-6H2,1-2H3/q8*+1. The quantitative estimate of drug-likeness (QED) is 0.106. The largest absolute Gasteiger partial charge is 0.294 e. The smallest absolute Gasteiger partial charge is 0.211 e. The number of hydrogen-bond acceptors (Lipinski definition) is 8. The molecule has 670 valence electrons. The van der Waals surface area contributed by atoms with Gasteiger partial charge in [-0.1, -0.05) is 80.1 Å². The number of carbonyl (C=O) groups is 8. The second kappa shape index (κ2) is 56.8. The molecule has 16 rings (SSSR count). The number of ketones is 8. The number of benzene rings is 2. The molecule has 2 aromatic carbocycles. The van der Waals surface area contributed by atoms with Crippen LogP contribution in [0.1, 0.15) is 395 Å². The summed E-state index contributed by atoms with van der Waals surface area (Å²) in [6.07, 6.45) is 87.3. The first kappa shape index (κ1) is 101. The van der Waals surface area contributed by atoms with Crippen molar-refractivity contribution in [1.29, 1.82) is 0 Å². The Bertz CT molecular complexity index is 3230. The van der Waals surface area contributed by atoms with Gasteiger partial charge >= 0.3 is 0 Å². The van der Waals surface area contributed by atoms with Gasteiger partial charge in [0.05, 0.1) is 31.3 Å². The van der Waals surface area contributed by atoms with Crippen LogP contribution in [-0.2, 0) is 121 Å². The molecule has 0 amide bonds. The van der Waals surface area contributed by atoms with Crippen LogP contribution < -0.4 is 0 Å². The molecule has 0 N–H and O–H groups in total. The third kappa shape index (κ3) is 33.9. The Morgan fingerprint density at radius 2 is 0.597 bits per heavy atom. The van der Waals surface area contributed by atoms with Crippen LogP contribution in [0.25, 0.3) is 0 Å². The van der Waals surface area contributed by atoms with Gasteiger partial charge in [-0.3, -0.25) is 38.4 Å². The van der Waals surface area contributed by atoms with Gasteiger partial charge in [0, 0.05) is 128 Å². The zero-order valence-corrected chi connectivity index (χ0v) is 83.1. The molecule has 13 aliphatic carbocycles. The van der Waals surface area contributed by atoms with Crippen molar-refractivity contribution in [3.63, 3.8) is 0 Å². The topological polar surface area (TPSA) is 137 Å². The Balaban J connectivity index is 0.000000156. The van der Waals surface area contributed by atoms with Gasteiger partial charge in [0.15, 0.2) is 87.9 Å². The summed E-state index contributed by atoms with van der Waals surface area (Å²) in [6.45, 7) is 4.35. The van der Waals surface area contributed by atoms with Crippen molar-refractivity contribution >= 4 is 133 Å². The minimum Gasteiger partial charge on any atom is -0.294 e. The molecule has 16 heteroatoms. The van der Waals surface area contributed by atoms with E-state index in [1.807, 2.05) is 37.3 Å². The molecule has 8 nitrogen and oxygen atoms in total. The van der Waals surface area contributed by atoms with Crippen LogP contribution in [0.4, 0.5) is 0 Å². The summed E-state index contributed by atoms with van der Waals surface area (Å²) in [4.78, 5) is 96.2. The van der Waals surface area contributed by atoms with E-state index < -0.39 is 0 Å². The molecule has 119 heavy (non-hydrogen) atoms. The van der Waals surface area contributed by atoms with E-state index in [-0.39, 0.29) is 10.9 Å². The van der Waals surface area contributed by atoms with Gasteiger partial charge in [0.1, 0.15) is 55.0 Å². The third-order valence-corrected chi connectivity index (χ3v) is 51.4. The van der Waals surface area contributed by atoms with Gasteiger partial charge in [0.2, 0.25) is 5.78 Å². The van der Waals surface area contributed by atoms with Gasteiger partial charge in [-0.15, -0.1) is 0 Å². The first-order valence-electron chi connectivity index (χ1n) is 49.3. The molecule has 0 radical (unpaired) electrons. The highest BCUT2D eigenvalue weighted by atomic mass is 32.2. The highest BCUT2D eigenvalue weighted by Gasteiger charge is 2.50. The highest BCUT2D eigenvalue weighted by molar-refractivity contribution is 8.00. The number of Topliss-reactive ketones (excluding diaryl/α,β-unsaturated/α-hetero) is 8. The predicted molar refractivity (Wildman–Crippen MR) is 532 cm³/mol. The Morgan fingerprint density at radius 1 is 0.303 bits per heavy atom. The molecule has 0 spiro atoms. The van der Waals surface area contributed by atoms with Crippen molar-refractivity contribution in [3.8, 4) is 0 Å². The molecule has 13 saturated carbocycles. The van der Waals surface area contributed by atoms with Crippen molar-refractivity contribution in [1.82, 2.24) is 0 Å². The minimum absolute atomic E-state index is 0.101. The summed E-state index contributed by atoms with van der Waals surface area (Å²) >= 11 is 0. The molecule has 1 heterocycles. The Kier molecular flexibility index (Phi) is 48.4. The molecule has 12 atom stereocenters. The lowest BCUT2D eigenvalue weighted by Crippen LogP contribution is -2.47. The molecule has 0 aromatic heterocycles. The Labute approximate surface area is 751 Å². The number of hydrogen-bond donors (Lipinski definition) is 0. The van der Waals surface area contributed by atoms with Crippen LogP contribution in [0.3, 0.4) is 0 Å². The second-order valence-corrected chi connectivity index (χ2v) is 57.8. The van der Waals surface area contributed by atoms with Crippen LogP contribution >= 0.6 is 0 Å². The van der Waals surface area contributed by atoms with Crippen LogP contribution in [-0.4, -0.2) is 175 Å². The van der Waals surface area contributed by atoms with Gasteiger partial charge in [-0.2, -0.15) is 0 Å². The molecule has 1 aliphatic heterocycles. The predicted octanol–water partition coefficient (Wildman–Crippen LogP) is 23.5. The average Bonchev–Trinajstić information content (AvgIpc) is 1.66. The van der Waals surface area contributed by atoms with Crippen molar-refractivity contribution in [2.24, 2.45) is 0 Å². The molecule has 14 aliphatic rings. The minimum atomic E-state index is 0.101. The first-order valence-corrected chi connectivity index (χ1v) is 63.0. The lowest BCUT2D eigenvalue weighted by Gasteiger charge is -2.35. The van der Waals surface area contributed by atoms with Gasteiger partial charge in [0.25, 0.3) is 0 Å². The Morgan fingerprint density at radius 3 is 0.924 bits per heavy atom. The monoisotopic (exact) mass is 1790 g/mol. The maximum Gasteiger partial charge on any atom is 0.211 e. The number of rotatable bonds is 18. The van der Waals surface area contributed by atoms with Crippen LogP contribution in [0.15, 0.2) is 59.5 Å². The van der Waals surface area contributed by atoms with E-state index in [4.69, 9.17) is 0 Å². The maximum absolute atomic E-state index is 12.5. The summed E-state index contributed by atoms with van der Waals surface area (Å²) in [5.41, 5.74) is 2.11. The molecule has 1 saturated heterocycles. The SMILES string of the molecule is CC[S+](C1CCCCC1)C1CCCCC1=O.C[S+](C)C1CCCCC1=O.C[S+](C1CCCC1)C1CCCCC1=O.C[S+](C1CCCCC1)C1CCCC1=O.C[S+](C1CCCCC1)C1CCCCC1=O.C[S+](c1ccccc1)C1CCCCC1=O.Cc1ccc(C(=O)C[S+]2CCCC2)cc1.O=C1CCCCC1[S+](C1CCCCC1)C1CCCCC1. The van der Waals surface area contributed by atoms with Gasteiger partial charge in [-0.25, -0.2) is 0 Å². The molecule has 2 aromatic rings. The van der Waals surface area contributed by atoms with Gasteiger partial charge in [-0.05, 0) is 331 Å². The normalized spacial score (nSPS) is 28.2. The Hall–Kier alpha value is -1.40. The highest BCUT2D eigenvalue weighted by Crippen LogP contribution is 2.42. The third-order valence-electron chi connectivity index (χ3n) is 29.4. The summed E-state index contributed by atoms with van der Waals surface area (Å²) in [5, 5.41) is 8.38. The van der Waals surface area contributed by atoms with Crippen LogP contribution in [0.5, 0.6) is 0 Å².